The Labute approximate surface area is 222 Å². The number of anilines is 1. The van der Waals surface area contributed by atoms with Crippen LogP contribution in [0.3, 0.4) is 0 Å². The second-order valence-corrected chi connectivity index (χ2v) is 10.9. The molecule has 0 aliphatic heterocycles. The predicted molar refractivity (Wildman–Crippen MR) is 134 cm³/mol. The fourth-order valence-corrected chi connectivity index (χ4v) is 4.99. The van der Waals surface area contributed by atoms with Crippen LogP contribution in [0.1, 0.15) is 24.5 Å². The lowest BCUT2D eigenvalue weighted by Crippen LogP contribution is -2.51. The van der Waals surface area contributed by atoms with E-state index in [1.807, 2.05) is 0 Å². The molecule has 36 heavy (non-hydrogen) atoms. The molecule has 0 spiro atoms. The van der Waals surface area contributed by atoms with Crippen LogP contribution in [0.4, 0.5) is 18.9 Å². The van der Waals surface area contributed by atoms with E-state index in [1.165, 1.54) is 19.2 Å². The van der Waals surface area contributed by atoms with Gasteiger partial charge >= 0.3 is 6.18 Å². The summed E-state index contributed by atoms with van der Waals surface area (Å²) in [5.74, 6) is -1.39. The normalized spacial score (nSPS) is 12.7. The fourth-order valence-electron chi connectivity index (χ4n) is 3.39. The van der Waals surface area contributed by atoms with Crippen molar-refractivity contribution in [1.82, 2.24) is 10.2 Å². The highest BCUT2D eigenvalue weighted by Gasteiger charge is 2.35. The van der Waals surface area contributed by atoms with Gasteiger partial charge in [0.15, 0.2) is 0 Å². The van der Waals surface area contributed by atoms with E-state index in [0.717, 1.165) is 17.2 Å². The summed E-state index contributed by atoms with van der Waals surface area (Å²) in [5, 5.41) is 2.67. The number of rotatable bonds is 9. The summed E-state index contributed by atoms with van der Waals surface area (Å²) >= 11 is 18.2. The molecule has 198 valence electrons. The first-order valence-corrected chi connectivity index (χ1v) is 13.4. The topological polar surface area (TPSA) is 86.8 Å². The molecule has 0 saturated heterocycles. The monoisotopic (exact) mass is 587 g/mol. The molecule has 0 fully saturated rings. The van der Waals surface area contributed by atoms with Crippen molar-refractivity contribution in [2.45, 2.75) is 32.1 Å². The Morgan fingerprint density at radius 3 is 2.19 bits per heavy atom. The van der Waals surface area contributed by atoms with Crippen molar-refractivity contribution in [2.75, 3.05) is 24.2 Å². The first-order chi connectivity index (χ1) is 16.6. The molecule has 2 amide bonds. The summed E-state index contributed by atoms with van der Waals surface area (Å²) in [6, 6.07) is 5.61. The minimum Gasteiger partial charge on any atom is -0.357 e. The third kappa shape index (κ3) is 7.41. The van der Waals surface area contributed by atoms with Crippen LogP contribution in [0, 0.1) is 0 Å². The molecule has 7 nitrogen and oxygen atoms in total. The molecule has 0 aliphatic carbocycles. The molecular formula is C22H23Cl3F3N3O4S. The zero-order valence-corrected chi connectivity index (χ0v) is 22.5. The van der Waals surface area contributed by atoms with E-state index in [-0.39, 0.29) is 23.0 Å². The van der Waals surface area contributed by atoms with Gasteiger partial charge in [-0.3, -0.25) is 13.9 Å². The van der Waals surface area contributed by atoms with Gasteiger partial charge in [0, 0.05) is 23.6 Å². The highest BCUT2D eigenvalue weighted by molar-refractivity contribution is 7.92. The summed E-state index contributed by atoms with van der Waals surface area (Å²) in [6.45, 7) is 0.523. The lowest BCUT2D eigenvalue weighted by Gasteiger charge is -2.33. The summed E-state index contributed by atoms with van der Waals surface area (Å²) < 4.78 is 65.5. The smallest absolute Gasteiger partial charge is 0.357 e. The van der Waals surface area contributed by atoms with Gasteiger partial charge in [0.05, 0.1) is 22.5 Å². The molecule has 0 bridgehead atoms. The van der Waals surface area contributed by atoms with Gasteiger partial charge in [-0.05, 0) is 42.3 Å². The van der Waals surface area contributed by atoms with Crippen molar-refractivity contribution in [2.24, 2.45) is 0 Å². The van der Waals surface area contributed by atoms with E-state index in [0.29, 0.717) is 27.0 Å². The van der Waals surface area contributed by atoms with E-state index in [1.54, 1.807) is 13.0 Å². The Bertz CT molecular complexity index is 1240. The average molecular weight is 589 g/mol. The molecule has 2 aromatic rings. The third-order valence-corrected chi connectivity index (χ3v) is 7.24. The zero-order chi connectivity index (χ0) is 27.4. The molecule has 0 aliphatic rings. The molecule has 0 heterocycles. The lowest BCUT2D eigenvalue weighted by molar-refractivity contribution is -0.140. The van der Waals surface area contributed by atoms with Gasteiger partial charge in [0.2, 0.25) is 21.8 Å². The van der Waals surface area contributed by atoms with E-state index < -0.39 is 51.9 Å². The number of hydrogen-bond acceptors (Lipinski definition) is 4. The Balaban J connectivity index is 2.56. The van der Waals surface area contributed by atoms with E-state index in [4.69, 9.17) is 34.8 Å². The van der Waals surface area contributed by atoms with Gasteiger partial charge in [-0.2, -0.15) is 13.2 Å². The Kier molecular flexibility index (Phi) is 9.91. The molecule has 1 N–H and O–H groups in total. The molecule has 0 saturated carbocycles. The standard InChI is InChI=1S/C22H23Cl3F3N3O4S/c1-4-18(21(33)29-2)30(11-13-5-7-15(23)10-17(13)25)20(32)12-31(36(3,34)35)19-9-14(22(26,27)28)6-8-16(19)24/h5-10,18H,4,11-12H2,1-3H3,(H,29,33)/t18-/m0/s1. The van der Waals surface area contributed by atoms with Crippen molar-refractivity contribution in [3.05, 3.63) is 62.6 Å². The third-order valence-electron chi connectivity index (χ3n) is 5.21. The van der Waals surface area contributed by atoms with Crippen molar-refractivity contribution in [1.29, 1.82) is 0 Å². The maximum atomic E-state index is 13.5. The Morgan fingerprint density at radius 2 is 1.69 bits per heavy atom. The Hall–Kier alpha value is -2.21. The molecule has 1 atom stereocenters. The maximum absolute atomic E-state index is 13.5. The number of nitrogens with one attached hydrogen (secondary N) is 1. The number of alkyl halides is 3. The van der Waals surface area contributed by atoms with E-state index >= 15 is 0 Å². The number of sulfonamides is 1. The highest BCUT2D eigenvalue weighted by Crippen LogP contribution is 2.36. The second kappa shape index (κ2) is 11.9. The number of carbonyl (C=O) groups is 2. The van der Waals surface area contributed by atoms with Crippen molar-refractivity contribution < 1.29 is 31.2 Å². The van der Waals surface area contributed by atoms with Gasteiger partial charge in [-0.25, -0.2) is 8.42 Å². The largest absolute Gasteiger partial charge is 0.416 e. The van der Waals surface area contributed by atoms with Crippen LogP contribution in [-0.4, -0.2) is 51.0 Å². The molecule has 2 rings (SSSR count). The van der Waals surface area contributed by atoms with Crippen LogP contribution in [-0.2, 0) is 32.3 Å². The van der Waals surface area contributed by atoms with Crippen molar-refractivity contribution in [3.63, 3.8) is 0 Å². The minimum absolute atomic E-state index is 0.153. The van der Waals surface area contributed by atoms with Crippen LogP contribution in [0.25, 0.3) is 0 Å². The molecule has 2 aromatic carbocycles. The minimum atomic E-state index is -4.78. The molecule has 0 aromatic heterocycles. The summed E-state index contributed by atoms with van der Waals surface area (Å²) in [6.07, 6.45) is -3.90. The summed E-state index contributed by atoms with van der Waals surface area (Å²) in [5.41, 5.74) is -1.26. The lowest BCUT2D eigenvalue weighted by atomic mass is 10.1. The highest BCUT2D eigenvalue weighted by atomic mass is 35.5. The van der Waals surface area contributed by atoms with E-state index in [9.17, 15) is 31.2 Å². The number of amides is 2. The fraction of sp³-hybridized carbons (Fsp3) is 0.364. The van der Waals surface area contributed by atoms with Gasteiger partial charge < -0.3 is 10.2 Å². The molecule has 0 unspecified atom stereocenters. The number of nitrogens with zero attached hydrogens (tertiary/aromatic N) is 2. The Morgan fingerprint density at radius 1 is 1.06 bits per heavy atom. The molecule has 14 heteroatoms. The first kappa shape index (κ1) is 30.0. The van der Waals surface area contributed by atoms with Crippen LogP contribution in [0.5, 0.6) is 0 Å². The van der Waals surface area contributed by atoms with Crippen LogP contribution < -0.4 is 9.62 Å². The number of hydrogen-bond donors (Lipinski definition) is 1. The van der Waals surface area contributed by atoms with Gasteiger partial charge in [-0.15, -0.1) is 0 Å². The van der Waals surface area contributed by atoms with Gasteiger partial charge in [0.1, 0.15) is 12.6 Å². The number of carbonyl (C=O) groups excluding carboxylic acids is 2. The zero-order valence-electron chi connectivity index (χ0n) is 19.4. The maximum Gasteiger partial charge on any atom is 0.416 e. The number of halogens is 6. The van der Waals surface area contributed by atoms with Crippen molar-refractivity contribution >= 4 is 62.3 Å². The second-order valence-electron chi connectivity index (χ2n) is 7.73. The van der Waals surface area contributed by atoms with Crippen LogP contribution in [0.2, 0.25) is 15.1 Å². The first-order valence-electron chi connectivity index (χ1n) is 10.4. The van der Waals surface area contributed by atoms with E-state index in [2.05, 4.69) is 5.32 Å². The summed E-state index contributed by atoms with van der Waals surface area (Å²) in [4.78, 5) is 27.1. The van der Waals surface area contributed by atoms with Gasteiger partial charge in [-0.1, -0.05) is 47.8 Å². The summed E-state index contributed by atoms with van der Waals surface area (Å²) in [7, 11) is -2.92. The van der Waals surface area contributed by atoms with Crippen LogP contribution in [0.15, 0.2) is 36.4 Å². The number of benzene rings is 2. The van der Waals surface area contributed by atoms with Crippen LogP contribution >= 0.6 is 34.8 Å². The quantitative estimate of drug-likeness (QED) is 0.448. The SMILES string of the molecule is CC[C@@H](C(=O)NC)N(Cc1ccc(Cl)cc1Cl)C(=O)CN(c1cc(C(F)(F)F)ccc1Cl)S(C)(=O)=O. The number of likely N-dealkylation sites (N-methyl/N-ethyl adjacent to an activating group) is 1. The van der Waals surface area contributed by atoms with Crippen molar-refractivity contribution in [3.8, 4) is 0 Å². The predicted octanol–water partition coefficient (Wildman–Crippen LogP) is 4.99. The average Bonchev–Trinajstić information content (AvgIpc) is 2.77. The molecular weight excluding hydrogens is 566 g/mol. The molecule has 0 radical (unpaired) electrons. The van der Waals surface area contributed by atoms with Gasteiger partial charge in [0.25, 0.3) is 0 Å².